The molecule has 4 heteroatoms. The number of aromatic nitrogens is 1. The summed E-state index contributed by atoms with van der Waals surface area (Å²) in [7, 11) is 0. The van der Waals surface area contributed by atoms with Crippen LogP contribution in [0.4, 0.5) is 0 Å². The summed E-state index contributed by atoms with van der Waals surface area (Å²) in [5.41, 5.74) is 2.23. The lowest BCUT2D eigenvalue weighted by Gasteiger charge is -1.96. The standard InChI is InChI=1S/C13H8BrNS2/c14-10-4-1-3-9(7-10)13-15-11(8-17-13)12-5-2-6-16-12/h1-8H. The molecule has 1 nitrogen and oxygen atoms in total. The average molecular weight is 322 g/mol. The van der Waals surface area contributed by atoms with E-state index in [0.717, 1.165) is 20.7 Å². The highest BCUT2D eigenvalue weighted by atomic mass is 79.9. The molecule has 0 saturated carbocycles. The summed E-state index contributed by atoms with van der Waals surface area (Å²) < 4.78 is 1.09. The number of nitrogens with zero attached hydrogens (tertiary/aromatic N) is 1. The van der Waals surface area contributed by atoms with Crippen LogP contribution in [0.3, 0.4) is 0 Å². The van der Waals surface area contributed by atoms with Gasteiger partial charge in [0.1, 0.15) is 5.01 Å². The van der Waals surface area contributed by atoms with Crippen molar-refractivity contribution in [3.05, 3.63) is 51.6 Å². The molecule has 0 amide bonds. The summed E-state index contributed by atoms with van der Waals surface area (Å²) in [5.74, 6) is 0. The zero-order chi connectivity index (χ0) is 11.7. The maximum absolute atomic E-state index is 4.67. The summed E-state index contributed by atoms with van der Waals surface area (Å²) >= 11 is 6.89. The van der Waals surface area contributed by atoms with Gasteiger partial charge in [0.25, 0.3) is 0 Å². The number of thiophene rings is 1. The number of hydrogen-bond acceptors (Lipinski definition) is 3. The lowest BCUT2D eigenvalue weighted by Crippen LogP contribution is -1.77. The molecule has 84 valence electrons. The van der Waals surface area contributed by atoms with E-state index < -0.39 is 0 Å². The zero-order valence-corrected chi connectivity index (χ0v) is 12.0. The van der Waals surface area contributed by atoms with Crippen molar-refractivity contribution < 1.29 is 0 Å². The van der Waals surface area contributed by atoms with Gasteiger partial charge in [-0.1, -0.05) is 34.1 Å². The van der Waals surface area contributed by atoms with E-state index in [1.54, 1.807) is 22.7 Å². The van der Waals surface area contributed by atoms with E-state index in [1.807, 2.05) is 12.1 Å². The van der Waals surface area contributed by atoms with E-state index in [9.17, 15) is 0 Å². The minimum atomic E-state index is 1.06. The van der Waals surface area contributed by atoms with Crippen LogP contribution in [0.2, 0.25) is 0 Å². The molecule has 2 aromatic heterocycles. The monoisotopic (exact) mass is 321 g/mol. The highest BCUT2D eigenvalue weighted by molar-refractivity contribution is 9.10. The van der Waals surface area contributed by atoms with Gasteiger partial charge < -0.3 is 0 Å². The first kappa shape index (κ1) is 11.1. The Hall–Kier alpha value is -0.970. The molecule has 17 heavy (non-hydrogen) atoms. The third kappa shape index (κ3) is 2.34. The van der Waals surface area contributed by atoms with Crippen molar-refractivity contribution in [2.75, 3.05) is 0 Å². The summed E-state index contributed by atoms with van der Waals surface area (Å²) in [6.45, 7) is 0. The van der Waals surface area contributed by atoms with E-state index >= 15 is 0 Å². The molecular formula is C13H8BrNS2. The highest BCUT2D eigenvalue weighted by Crippen LogP contribution is 2.31. The Morgan fingerprint density at radius 1 is 1.06 bits per heavy atom. The Morgan fingerprint density at radius 2 is 2.00 bits per heavy atom. The molecule has 0 bridgehead atoms. The van der Waals surface area contributed by atoms with Crippen LogP contribution in [0, 0.1) is 0 Å². The normalized spacial score (nSPS) is 10.6. The predicted octanol–water partition coefficient (Wildman–Crippen LogP) is 5.30. The molecule has 1 aromatic carbocycles. The molecule has 0 aliphatic carbocycles. The number of thiazole rings is 1. The first-order chi connectivity index (χ1) is 8.33. The van der Waals surface area contributed by atoms with Gasteiger partial charge in [0.15, 0.2) is 0 Å². The lowest BCUT2D eigenvalue weighted by molar-refractivity contribution is 1.42. The smallest absolute Gasteiger partial charge is 0.124 e. The second-order valence-electron chi connectivity index (χ2n) is 3.53. The van der Waals surface area contributed by atoms with Crippen molar-refractivity contribution in [2.24, 2.45) is 0 Å². The van der Waals surface area contributed by atoms with Crippen LogP contribution in [0.25, 0.3) is 21.1 Å². The minimum Gasteiger partial charge on any atom is -0.235 e. The van der Waals surface area contributed by atoms with Gasteiger partial charge in [0.05, 0.1) is 10.6 Å². The van der Waals surface area contributed by atoms with Gasteiger partial charge in [-0.3, -0.25) is 0 Å². The molecule has 3 aromatic rings. The van der Waals surface area contributed by atoms with Crippen molar-refractivity contribution in [2.45, 2.75) is 0 Å². The maximum atomic E-state index is 4.67. The van der Waals surface area contributed by atoms with Crippen LogP contribution in [-0.2, 0) is 0 Å². The number of hydrogen-bond donors (Lipinski definition) is 0. The number of halogens is 1. The fourth-order valence-electron chi connectivity index (χ4n) is 1.57. The zero-order valence-electron chi connectivity index (χ0n) is 8.76. The molecule has 2 heterocycles. The summed E-state index contributed by atoms with van der Waals surface area (Å²) in [6.07, 6.45) is 0. The lowest BCUT2D eigenvalue weighted by atomic mass is 10.2. The molecule has 0 N–H and O–H groups in total. The van der Waals surface area contributed by atoms with Crippen LogP contribution < -0.4 is 0 Å². The van der Waals surface area contributed by atoms with Crippen molar-refractivity contribution in [3.8, 4) is 21.1 Å². The fraction of sp³-hybridized carbons (Fsp3) is 0. The second kappa shape index (κ2) is 4.72. The van der Waals surface area contributed by atoms with Gasteiger partial charge in [0, 0.05) is 15.4 Å². The summed E-state index contributed by atoms with van der Waals surface area (Å²) in [6, 6.07) is 12.4. The predicted molar refractivity (Wildman–Crippen MR) is 78.6 cm³/mol. The molecule has 0 unspecified atom stereocenters. The second-order valence-corrected chi connectivity index (χ2v) is 6.25. The van der Waals surface area contributed by atoms with Gasteiger partial charge in [-0.25, -0.2) is 4.98 Å². The number of benzene rings is 1. The van der Waals surface area contributed by atoms with Gasteiger partial charge in [-0.2, -0.15) is 0 Å². The Morgan fingerprint density at radius 3 is 2.76 bits per heavy atom. The molecule has 0 saturated heterocycles. The van der Waals surface area contributed by atoms with Gasteiger partial charge in [-0.05, 0) is 23.6 Å². The van der Waals surface area contributed by atoms with E-state index in [1.165, 1.54) is 4.88 Å². The summed E-state index contributed by atoms with van der Waals surface area (Å²) in [4.78, 5) is 5.90. The molecule has 3 rings (SSSR count). The first-order valence-electron chi connectivity index (χ1n) is 5.08. The van der Waals surface area contributed by atoms with Crippen molar-refractivity contribution in [1.82, 2.24) is 4.98 Å². The van der Waals surface area contributed by atoms with E-state index in [4.69, 9.17) is 0 Å². The van der Waals surface area contributed by atoms with Crippen LogP contribution >= 0.6 is 38.6 Å². The van der Waals surface area contributed by atoms with Crippen LogP contribution in [0.15, 0.2) is 51.6 Å². The maximum Gasteiger partial charge on any atom is 0.124 e. The minimum absolute atomic E-state index is 1.06. The Bertz CT molecular complexity index is 628. The molecular weight excluding hydrogens is 314 g/mol. The third-order valence-corrected chi connectivity index (χ3v) is 4.63. The van der Waals surface area contributed by atoms with E-state index in [-0.39, 0.29) is 0 Å². The van der Waals surface area contributed by atoms with Gasteiger partial charge in [-0.15, -0.1) is 22.7 Å². The van der Waals surface area contributed by atoms with Crippen molar-refractivity contribution in [3.63, 3.8) is 0 Å². The first-order valence-corrected chi connectivity index (χ1v) is 7.63. The molecule has 0 fully saturated rings. The van der Waals surface area contributed by atoms with Gasteiger partial charge in [0.2, 0.25) is 0 Å². The highest BCUT2D eigenvalue weighted by Gasteiger charge is 2.07. The molecule has 0 radical (unpaired) electrons. The van der Waals surface area contributed by atoms with E-state index in [2.05, 4.69) is 55.9 Å². The molecule has 0 aliphatic rings. The van der Waals surface area contributed by atoms with Crippen LogP contribution in [-0.4, -0.2) is 4.98 Å². The fourth-order valence-corrected chi connectivity index (χ4v) is 3.54. The SMILES string of the molecule is Brc1cccc(-c2nc(-c3cccs3)cs2)c1. The topological polar surface area (TPSA) is 12.9 Å². The van der Waals surface area contributed by atoms with Gasteiger partial charge >= 0.3 is 0 Å². The van der Waals surface area contributed by atoms with Crippen LogP contribution in [0.5, 0.6) is 0 Å². The quantitative estimate of drug-likeness (QED) is 0.624. The van der Waals surface area contributed by atoms with Crippen LogP contribution in [0.1, 0.15) is 0 Å². The molecule has 0 aliphatic heterocycles. The Labute approximate surface area is 116 Å². The molecule has 0 atom stereocenters. The third-order valence-electron chi connectivity index (χ3n) is 2.35. The summed E-state index contributed by atoms with van der Waals surface area (Å²) in [5, 5.41) is 5.25. The Kier molecular flexibility index (Phi) is 3.09. The van der Waals surface area contributed by atoms with Crippen molar-refractivity contribution >= 4 is 38.6 Å². The Balaban J connectivity index is 2.01. The van der Waals surface area contributed by atoms with Crippen molar-refractivity contribution in [1.29, 1.82) is 0 Å². The van der Waals surface area contributed by atoms with E-state index in [0.29, 0.717) is 0 Å². The molecule has 0 spiro atoms. The number of rotatable bonds is 2. The average Bonchev–Trinajstić information content (AvgIpc) is 3.00. The largest absolute Gasteiger partial charge is 0.235 e.